The van der Waals surface area contributed by atoms with Crippen molar-refractivity contribution >= 4 is 16.9 Å². The molecule has 26 heavy (non-hydrogen) atoms. The van der Waals surface area contributed by atoms with Crippen LogP contribution in [0.25, 0.3) is 11.0 Å². The zero-order chi connectivity index (χ0) is 18.7. The van der Waals surface area contributed by atoms with Crippen molar-refractivity contribution in [1.82, 2.24) is 14.9 Å². The van der Waals surface area contributed by atoms with Gasteiger partial charge in [0, 0.05) is 12.0 Å². The highest BCUT2D eigenvalue weighted by molar-refractivity contribution is 5.82. The zero-order valence-electron chi connectivity index (χ0n) is 16.0. The largest absolute Gasteiger partial charge is 0.345 e. The van der Waals surface area contributed by atoms with E-state index in [0.717, 1.165) is 23.4 Å². The quantitative estimate of drug-likeness (QED) is 0.737. The number of nitrogens with zero attached hydrogens (tertiary/aromatic N) is 2. The number of nitrogens with one attached hydrogen (secondary N) is 1. The Morgan fingerprint density at radius 2 is 1.73 bits per heavy atom. The van der Waals surface area contributed by atoms with Crippen molar-refractivity contribution in [3.8, 4) is 0 Å². The van der Waals surface area contributed by atoms with Gasteiger partial charge in [-0.2, -0.15) is 0 Å². The van der Waals surface area contributed by atoms with E-state index in [-0.39, 0.29) is 11.9 Å². The molecule has 136 valence electrons. The molecule has 0 fully saturated rings. The molecule has 0 aliphatic rings. The molecule has 0 unspecified atom stereocenters. The normalized spacial score (nSPS) is 12.9. The minimum atomic E-state index is -0.446. The van der Waals surface area contributed by atoms with E-state index in [0.29, 0.717) is 6.42 Å². The van der Waals surface area contributed by atoms with Crippen molar-refractivity contribution in [2.24, 2.45) is 5.41 Å². The maximum atomic E-state index is 12.7. The van der Waals surface area contributed by atoms with Crippen LogP contribution in [0.5, 0.6) is 0 Å². The summed E-state index contributed by atoms with van der Waals surface area (Å²) >= 11 is 0. The van der Waals surface area contributed by atoms with Gasteiger partial charge in [0.1, 0.15) is 5.82 Å². The topological polar surface area (TPSA) is 46.9 Å². The number of hydrogen-bond donors (Lipinski definition) is 1. The number of aryl methyl sites for hydroxylation is 1. The van der Waals surface area contributed by atoms with E-state index in [1.54, 1.807) is 0 Å². The predicted molar refractivity (Wildman–Crippen MR) is 106 cm³/mol. The second-order valence-electron chi connectivity index (χ2n) is 7.67. The summed E-state index contributed by atoms with van der Waals surface area (Å²) in [4.78, 5) is 17.6. The van der Waals surface area contributed by atoms with Gasteiger partial charge in [-0.1, -0.05) is 63.2 Å². The first-order valence-electron chi connectivity index (χ1n) is 9.20. The summed E-state index contributed by atoms with van der Waals surface area (Å²) in [5, 5.41) is 3.24. The number of carbonyl (C=O) groups is 1. The molecule has 0 saturated heterocycles. The van der Waals surface area contributed by atoms with E-state index in [9.17, 15) is 4.79 Å². The average molecular weight is 349 g/mol. The Labute approximate surface area is 155 Å². The van der Waals surface area contributed by atoms with Crippen LogP contribution < -0.4 is 5.32 Å². The fourth-order valence-corrected chi connectivity index (χ4v) is 3.12. The third-order valence-corrected chi connectivity index (χ3v) is 4.58. The molecular weight excluding hydrogens is 322 g/mol. The maximum Gasteiger partial charge on any atom is 0.225 e. The third kappa shape index (κ3) is 3.79. The molecule has 2 aromatic carbocycles. The fraction of sp³-hybridized carbons (Fsp3) is 0.364. The highest BCUT2D eigenvalue weighted by atomic mass is 16.2. The summed E-state index contributed by atoms with van der Waals surface area (Å²) in [6, 6.07) is 18.2. The highest BCUT2D eigenvalue weighted by Gasteiger charge is 2.27. The number of rotatable bonds is 5. The van der Waals surface area contributed by atoms with Crippen LogP contribution in [0.2, 0.25) is 0 Å². The summed E-state index contributed by atoms with van der Waals surface area (Å²) in [6.07, 6.45) is 0.714. The van der Waals surface area contributed by atoms with Crippen LogP contribution in [0.15, 0.2) is 54.6 Å². The lowest BCUT2D eigenvalue weighted by atomic mass is 9.94. The Balaban J connectivity index is 2.03. The number of aromatic nitrogens is 2. The van der Waals surface area contributed by atoms with Crippen molar-refractivity contribution in [1.29, 1.82) is 0 Å². The average Bonchev–Trinajstić information content (AvgIpc) is 2.99. The van der Waals surface area contributed by atoms with Crippen LogP contribution in [0, 0.1) is 5.41 Å². The molecule has 0 aliphatic heterocycles. The Morgan fingerprint density at radius 3 is 2.38 bits per heavy atom. The van der Waals surface area contributed by atoms with Crippen LogP contribution in [-0.4, -0.2) is 15.5 Å². The summed E-state index contributed by atoms with van der Waals surface area (Å²) in [6.45, 7) is 8.73. The van der Waals surface area contributed by atoms with E-state index in [2.05, 4.69) is 35.0 Å². The molecular formula is C22H27N3O. The van der Waals surface area contributed by atoms with E-state index >= 15 is 0 Å². The van der Waals surface area contributed by atoms with Crippen LogP contribution in [0.1, 0.15) is 45.1 Å². The number of para-hydroxylation sites is 2. The van der Waals surface area contributed by atoms with Crippen molar-refractivity contribution in [2.75, 3.05) is 0 Å². The predicted octanol–water partition coefficient (Wildman–Crippen LogP) is 4.50. The summed E-state index contributed by atoms with van der Waals surface area (Å²) in [7, 11) is 0. The van der Waals surface area contributed by atoms with E-state index < -0.39 is 5.41 Å². The number of amides is 1. The van der Waals surface area contributed by atoms with Gasteiger partial charge in [-0.3, -0.25) is 4.79 Å². The molecule has 0 saturated carbocycles. The van der Waals surface area contributed by atoms with Gasteiger partial charge in [-0.05, 0) is 31.0 Å². The molecule has 0 spiro atoms. The monoisotopic (exact) mass is 349 g/mol. The lowest BCUT2D eigenvalue weighted by Crippen LogP contribution is -2.39. The van der Waals surface area contributed by atoms with Gasteiger partial charge in [-0.15, -0.1) is 0 Å². The van der Waals surface area contributed by atoms with Gasteiger partial charge in [0.25, 0.3) is 0 Å². The molecule has 1 heterocycles. The Morgan fingerprint density at radius 1 is 1.08 bits per heavy atom. The Kier molecular flexibility index (Phi) is 5.12. The highest BCUT2D eigenvalue weighted by Crippen LogP contribution is 2.25. The molecule has 1 amide bonds. The van der Waals surface area contributed by atoms with Crippen LogP contribution >= 0.6 is 0 Å². The van der Waals surface area contributed by atoms with Gasteiger partial charge in [0.05, 0.1) is 17.1 Å². The van der Waals surface area contributed by atoms with E-state index in [1.807, 2.05) is 57.2 Å². The Hall–Kier alpha value is -2.62. The van der Waals surface area contributed by atoms with Crippen molar-refractivity contribution in [3.05, 3.63) is 66.0 Å². The number of benzene rings is 2. The molecule has 1 atom stereocenters. The lowest BCUT2D eigenvalue weighted by Gasteiger charge is -2.25. The summed E-state index contributed by atoms with van der Waals surface area (Å²) in [5.41, 5.74) is 2.81. The van der Waals surface area contributed by atoms with Crippen LogP contribution in [0.3, 0.4) is 0 Å². The number of imidazole rings is 1. The molecule has 4 nitrogen and oxygen atoms in total. The minimum absolute atomic E-state index is 0.0353. The minimum Gasteiger partial charge on any atom is -0.345 e. The summed E-state index contributed by atoms with van der Waals surface area (Å²) < 4.78 is 2.20. The SMILES string of the molecule is CCn1c([C@H](Cc2ccccc2)NC(=O)C(C)(C)C)nc2ccccc21. The molecule has 0 aliphatic carbocycles. The smallest absolute Gasteiger partial charge is 0.225 e. The molecule has 3 aromatic rings. The van der Waals surface area contributed by atoms with Crippen molar-refractivity contribution in [3.63, 3.8) is 0 Å². The second kappa shape index (κ2) is 7.32. The van der Waals surface area contributed by atoms with Gasteiger partial charge >= 0.3 is 0 Å². The van der Waals surface area contributed by atoms with E-state index in [1.165, 1.54) is 5.56 Å². The first-order valence-corrected chi connectivity index (χ1v) is 9.20. The molecule has 1 aromatic heterocycles. The lowest BCUT2D eigenvalue weighted by molar-refractivity contribution is -0.129. The van der Waals surface area contributed by atoms with Gasteiger partial charge in [0.15, 0.2) is 0 Å². The van der Waals surface area contributed by atoms with Crippen LogP contribution in [-0.2, 0) is 17.8 Å². The molecule has 0 bridgehead atoms. The Bertz CT molecular complexity index is 891. The van der Waals surface area contributed by atoms with Crippen molar-refractivity contribution < 1.29 is 4.79 Å². The van der Waals surface area contributed by atoms with Crippen LogP contribution in [0.4, 0.5) is 0 Å². The molecule has 1 N–H and O–H groups in total. The molecule has 3 rings (SSSR count). The third-order valence-electron chi connectivity index (χ3n) is 4.58. The second-order valence-corrected chi connectivity index (χ2v) is 7.67. The first-order chi connectivity index (χ1) is 12.4. The number of hydrogen-bond acceptors (Lipinski definition) is 2. The fourth-order valence-electron chi connectivity index (χ4n) is 3.12. The standard InChI is InChI=1S/C22H27N3O/c1-5-25-19-14-10-9-13-17(19)23-20(25)18(24-21(26)22(2,3)4)15-16-11-7-6-8-12-16/h6-14,18H,5,15H2,1-4H3,(H,24,26)/t18-/m0/s1. The van der Waals surface area contributed by atoms with Gasteiger partial charge < -0.3 is 9.88 Å². The van der Waals surface area contributed by atoms with Gasteiger partial charge in [0.2, 0.25) is 5.91 Å². The summed E-state index contributed by atoms with van der Waals surface area (Å²) in [5.74, 6) is 0.947. The number of fused-ring (bicyclic) bond motifs is 1. The number of carbonyl (C=O) groups excluding carboxylic acids is 1. The maximum absolute atomic E-state index is 12.7. The first kappa shape index (κ1) is 18.2. The van der Waals surface area contributed by atoms with Crippen molar-refractivity contribution in [2.45, 2.75) is 46.7 Å². The zero-order valence-corrected chi connectivity index (χ0v) is 16.0. The van der Waals surface area contributed by atoms with Gasteiger partial charge in [-0.25, -0.2) is 4.98 Å². The van der Waals surface area contributed by atoms with E-state index in [4.69, 9.17) is 4.98 Å². The molecule has 4 heteroatoms. The molecule has 0 radical (unpaired) electrons.